The van der Waals surface area contributed by atoms with E-state index < -0.39 is 0 Å². The molecule has 3 nitrogen and oxygen atoms in total. The molecule has 0 bridgehead atoms. The third-order valence-corrected chi connectivity index (χ3v) is 5.13. The number of nitrogens with one attached hydrogen (secondary N) is 2. The van der Waals surface area contributed by atoms with Gasteiger partial charge in [-0.05, 0) is 60.1 Å². The van der Waals surface area contributed by atoms with Gasteiger partial charge in [-0.3, -0.25) is 4.79 Å². The Labute approximate surface area is 114 Å². The lowest BCUT2D eigenvalue weighted by atomic mass is 9.91. The van der Waals surface area contributed by atoms with E-state index >= 15 is 0 Å². The van der Waals surface area contributed by atoms with E-state index in [1.165, 1.54) is 11.3 Å². The van der Waals surface area contributed by atoms with Gasteiger partial charge in [-0.2, -0.15) is 0 Å². The normalized spacial score (nSPS) is 24.6. The molecule has 1 aliphatic rings. The van der Waals surface area contributed by atoms with E-state index in [-0.39, 0.29) is 5.91 Å². The Kier molecular flexibility index (Phi) is 4.59. The Morgan fingerprint density at radius 3 is 2.53 bits per heavy atom. The van der Waals surface area contributed by atoms with Crippen LogP contribution in [0.3, 0.4) is 0 Å². The van der Waals surface area contributed by atoms with Crippen LogP contribution in [0.4, 0.5) is 0 Å². The zero-order valence-electron chi connectivity index (χ0n) is 9.83. The Balaban J connectivity index is 1.86. The highest BCUT2D eigenvalue weighted by Gasteiger charge is 2.22. The number of thiophene rings is 1. The third-order valence-electron chi connectivity index (χ3n) is 3.29. The van der Waals surface area contributed by atoms with Crippen LogP contribution < -0.4 is 10.6 Å². The van der Waals surface area contributed by atoms with Crippen LogP contribution in [-0.4, -0.2) is 25.0 Å². The maximum atomic E-state index is 12.0. The highest BCUT2D eigenvalue weighted by Crippen LogP contribution is 2.24. The van der Waals surface area contributed by atoms with Crippen LogP contribution in [0.2, 0.25) is 0 Å². The Morgan fingerprint density at radius 1 is 1.35 bits per heavy atom. The van der Waals surface area contributed by atoms with Gasteiger partial charge >= 0.3 is 0 Å². The first-order valence-electron chi connectivity index (χ1n) is 5.92. The highest BCUT2D eigenvalue weighted by molar-refractivity contribution is 9.10. The predicted molar refractivity (Wildman–Crippen MR) is 74.6 cm³/mol. The van der Waals surface area contributed by atoms with Crippen LogP contribution >= 0.6 is 27.3 Å². The number of amides is 1. The number of hydrogen-bond acceptors (Lipinski definition) is 3. The SMILES string of the molecule is CNC1CCC(NC(=O)c2sccc2Br)CC1. The predicted octanol–water partition coefficient (Wildman–Crippen LogP) is 2.77. The van der Waals surface area contributed by atoms with Crippen molar-refractivity contribution in [3.8, 4) is 0 Å². The minimum absolute atomic E-state index is 0.0554. The maximum Gasteiger partial charge on any atom is 0.262 e. The molecule has 1 amide bonds. The molecule has 0 radical (unpaired) electrons. The summed E-state index contributed by atoms with van der Waals surface area (Å²) < 4.78 is 0.893. The van der Waals surface area contributed by atoms with Crippen molar-refractivity contribution in [2.45, 2.75) is 37.8 Å². The second-order valence-corrected chi connectivity index (χ2v) is 6.18. The first-order valence-corrected chi connectivity index (χ1v) is 7.59. The molecule has 0 aliphatic heterocycles. The van der Waals surface area contributed by atoms with E-state index in [2.05, 4.69) is 26.6 Å². The van der Waals surface area contributed by atoms with Crippen molar-refractivity contribution >= 4 is 33.2 Å². The summed E-state index contributed by atoms with van der Waals surface area (Å²) in [6, 6.07) is 2.87. The molecule has 2 N–H and O–H groups in total. The first kappa shape index (κ1) is 13.1. The third kappa shape index (κ3) is 3.30. The molecule has 1 aliphatic carbocycles. The van der Waals surface area contributed by atoms with Crippen molar-refractivity contribution in [3.63, 3.8) is 0 Å². The summed E-state index contributed by atoms with van der Waals surface area (Å²) in [7, 11) is 2.01. The topological polar surface area (TPSA) is 41.1 Å². The summed E-state index contributed by atoms with van der Waals surface area (Å²) in [5, 5.41) is 8.34. The molecular formula is C12H17BrN2OS. The summed E-state index contributed by atoms with van der Waals surface area (Å²) in [5.41, 5.74) is 0. The smallest absolute Gasteiger partial charge is 0.262 e. The fourth-order valence-electron chi connectivity index (χ4n) is 2.23. The van der Waals surface area contributed by atoms with Crippen molar-refractivity contribution in [1.29, 1.82) is 0 Å². The van der Waals surface area contributed by atoms with E-state index in [1.54, 1.807) is 0 Å². The first-order chi connectivity index (χ1) is 8.20. The summed E-state index contributed by atoms with van der Waals surface area (Å²) in [5.74, 6) is 0.0554. The van der Waals surface area contributed by atoms with Crippen LogP contribution in [0, 0.1) is 0 Å². The molecule has 0 atom stereocenters. The number of hydrogen-bond donors (Lipinski definition) is 2. The van der Waals surface area contributed by atoms with Crippen molar-refractivity contribution in [3.05, 3.63) is 20.8 Å². The number of carbonyl (C=O) groups excluding carboxylic acids is 1. The molecule has 2 rings (SSSR count). The summed E-state index contributed by atoms with van der Waals surface area (Å²) in [6.07, 6.45) is 4.43. The molecule has 17 heavy (non-hydrogen) atoms. The lowest BCUT2D eigenvalue weighted by molar-refractivity contribution is 0.0928. The van der Waals surface area contributed by atoms with Crippen LogP contribution in [0.5, 0.6) is 0 Å². The average Bonchev–Trinajstić information content (AvgIpc) is 2.76. The second-order valence-electron chi connectivity index (χ2n) is 4.41. The zero-order valence-corrected chi connectivity index (χ0v) is 12.2. The minimum atomic E-state index is 0.0554. The van der Waals surface area contributed by atoms with Gasteiger partial charge in [-0.15, -0.1) is 11.3 Å². The second kappa shape index (κ2) is 5.98. The molecule has 0 spiro atoms. The van der Waals surface area contributed by atoms with Crippen LogP contribution in [0.25, 0.3) is 0 Å². The number of halogens is 1. The van der Waals surface area contributed by atoms with Crippen molar-refractivity contribution in [1.82, 2.24) is 10.6 Å². The highest BCUT2D eigenvalue weighted by atomic mass is 79.9. The van der Waals surface area contributed by atoms with E-state index in [4.69, 9.17) is 0 Å². The zero-order chi connectivity index (χ0) is 12.3. The number of rotatable bonds is 3. The summed E-state index contributed by atoms with van der Waals surface area (Å²) in [4.78, 5) is 12.8. The molecule has 1 fully saturated rings. The minimum Gasteiger partial charge on any atom is -0.349 e. The van der Waals surface area contributed by atoms with Crippen LogP contribution in [-0.2, 0) is 0 Å². The van der Waals surface area contributed by atoms with Gasteiger partial charge in [0, 0.05) is 16.6 Å². The molecule has 0 saturated heterocycles. The standard InChI is InChI=1S/C12H17BrN2OS/c1-14-8-2-4-9(5-3-8)15-12(16)11-10(13)6-7-17-11/h6-9,14H,2-5H2,1H3,(H,15,16). The van der Waals surface area contributed by atoms with E-state index in [1.807, 2.05) is 18.5 Å². The average molecular weight is 317 g/mol. The molecule has 1 aromatic rings. The van der Waals surface area contributed by atoms with Crippen LogP contribution in [0.15, 0.2) is 15.9 Å². The molecule has 0 aromatic carbocycles. The van der Waals surface area contributed by atoms with Crippen molar-refractivity contribution in [2.75, 3.05) is 7.05 Å². The van der Waals surface area contributed by atoms with Gasteiger partial charge in [-0.25, -0.2) is 0 Å². The van der Waals surface area contributed by atoms with Gasteiger partial charge in [0.15, 0.2) is 0 Å². The molecule has 5 heteroatoms. The van der Waals surface area contributed by atoms with E-state index in [9.17, 15) is 4.79 Å². The van der Waals surface area contributed by atoms with Gasteiger partial charge in [0.25, 0.3) is 5.91 Å². The maximum absolute atomic E-state index is 12.0. The van der Waals surface area contributed by atoms with Gasteiger partial charge in [0.05, 0.1) is 0 Å². The van der Waals surface area contributed by atoms with Crippen molar-refractivity contribution < 1.29 is 4.79 Å². The number of carbonyl (C=O) groups is 1. The molecular weight excluding hydrogens is 300 g/mol. The molecule has 94 valence electrons. The van der Waals surface area contributed by atoms with Crippen LogP contribution in [0.1, 0.15) is 35.4 Å². The fraction of sp³-hybridized carbons (Fsp3) is 0.583. The molecule has 1 saturated carbocycles. The van der Waals surface area contributed by atoms with Crippen molar-refractivity contribution in [2.24, 2.45) is 0 Å². The van der Waals surface area contributed by atoms with E-state index in [0.717, 1.165) is 35.0 Å². The van der Waals surface area contributed by atoms with Gasteiger partial charge < -0.3 is 10.6 Å². The Hall–Kier alpha value is -0.390. The van der Waals surface area contributed by atoms with E-state index in [0.29, 0.717) is 12.1 Å². The Morgan fingerprint density at radius 2 is 2.00 bits per heavy atom. The lowest BCUT2D eigenvalue weighted by Crippen LogP contribution is -2.41. The molecule has 0 unspecified atom stereocenters. The Bertz CT molecular complexity index is 386. The molecule has 1 heterocycles. The monoisotopic (exact) mass is 316 g/mol. The summed E-state index contributed by atoms with van der Waals surface area (Å²) >= 11 is 4.87. The quantitative estimate of drug-likeness (QED) is 0.900. The fourth-order valence-corrected chi connectivity index (χ4v) is 3.69. The molecule has 1 aromatic heterocycles. The summed E-state index contributed by atoms with van der Waals surface area (Å²) in [6.45, 7) is 0. The van der Waals surface area contributed by atoms with Gasteiger partial charge in [-0.1, -0.05) is 0 Å². The van der Waals surface area contributed by atoms with Gasteiger partial charge in [0.2, 0.25) is 0 Å². The van der Waals surface area contributed by atoms with Gasteiger partial charge in [0.1, 0.15) is 4.88 Å². The lowest BCUT2D eigenvalue weighted by Gasteiger charge is -2.28. The largest absolute Gasteiger partial charge is 0.349 e.